The Hall–Kier alpha value is -0.120. The third kappa shape index (κ3) is 3.67. The zero-order valence-electron chi connectivity index (χ0n) is 11.5. The van der Waals surface area contributed by atoms with E-state index < -0.39 is 0 Å². The predicted octanol–water partition coefficient (Wildman–Crippen LogP) is 1.73. The van der Waals surface area contributed by atoms with Gasteiger partial charge in [-0.05, 0) is 39.3 Å². The zero-order chi connectivity index (χ0) is 12.1. The third-order valence-electron chi connectivity index (χ3n) is 4.39. The first-order valence-corrected chi connectivity index (χ1v) is 7.15. The van der Waals surface area contributed by atoms with E-state index in [0.29, 0.717) is 5.41 Å². The van der Waals surface area contributed by atoms with Crippen LogP contribution in [0, 0.1) is 11.3 Å². The second-order valence-corrected chi connectivity index (χ2v) is 6.18. The maximum atomic E-state index is 5.62. The van der Waals surface area contributed by atoms with Crippen molar-refractivity contribution in [3.05, 3.63) is 0 Å². The normalized spacial score (nSPS) is 30.5. The van der Waals surface area contributed by atoms with Gasteiger partial charge in [0.05, 0.1) is 6.61 Å². The zero-order valence-corrected chi connectivity index (χ0v) is 11.5. The van der Waals surface area contributed by atoms with E-state index in [1.807, 2.05) is 0 Å². The van der Waals surface area contributed by atoms with Crippen molar-refractivity contribution >= 4 is 0 Å². The number of hydrogen-bond acceptors (Lipinski definition) is 3. The van der Waals surface area contributed by atoms with Gasteiger partial charge < -0.3 is 15.0 Å². The van der Waals surface area contributed by atoms with Crippen LogP contribution in [-0.4, -0.2) is 51.8 Å². The molecule has 0 aromatic rings. The Morgan fingerprint density at radius 1 is 1.35 bits per heavy atom. The molecule has 1 N–H and O–H groups in total. The first-order valence-electron chi connectivity index (χ1n) is 7.15. The molecule has 1 unspecified atom stereocenters. The fourth-order valence-electron chi connectivity index (χ4n) is 3.62. The number of rotatable bonds is 6. The van der Waals surface area contributed by atoms with Crippen LogP contribution in [0.5, 0.6) is 0 Å². The van der Waals surface area contributed by atoms with Gasteiger partial charge in [0.1, 0.15) is 0 Å². The highest BCUT2D eigenvalue weighted by atomic mass is 16.5. The Bertz CT molecular complexity index is 220. The average Bonchev–Trinajstić information content (AvgIpc) is 2.90. The number of ether oxygens (including phenoxy) is 1. The molecule has 2 fully saturated rings. The van der Waals surface area contributed by atoms with Gasteiger partial charge in [0.2, 0.25) is 0 Å². The van der Waals surface area contributed by atoms with E-state index >= 15 is 0 Å². The minimum atomic E-state index is 0.363. The topological polar surface area (TPSA) is 24.5 Å². The maximum Gasteiger partial charge on any atom is 0.0547 e. The lowest BCUT2D eigenvalue weighted by Gasteiger charge is -2.33. The van der Waals surface area contributed by atoms with Crippen LogP contribution in [0.1, 0.15) is 32.1 Å². The summed E-state index contributed by atoms with van der Waals surface area (Å²) >= 11 is 0. The van der Waals surface area contributed by atoms with Crippen LogP contribution in [0.25, 0.3) is 0 Å². The van der Waals surface area contributed by atoms with E-state index in [9.17, 15) is 0 Å². The molecule has 1 aliphatic heterocycles. The molecule has 1 aliphatic carbocycles. The molecule has 1 saturated carbocycles. The smallest absolute Gasteiger partial charge is 0.0547 e. The van der Waals surface area contributed by atoms with Crippen molar-refractivity contribution in [3.63, 3.8) is 0 Å². The summed E-state index contributed by atoms with van der Waals surface area (Å²) < 4.78 is 5.62. The standard InChI is InChI=1S/C14H28N2O/c1-15-10-14(7-8-17-12-14)11-16(2)9-13-5-3-4-6-13/h13,15H,3-12H2,1-2H3. The highest BCUT2D eigenvalue weighted by Crippen LogP contribution is 2.30. The molecule has 2 aliphatic rings. The SMILES string of the molecule is CNCC1(CN(C)CC2CCCC2)CCOC1. The van der Waals surface area contributed by atoms with Crippen LogP contribution in [0.15, 0.2) is 0 Å². The van der Waals surface area contributed by atoms with Crippen LogP contribution in [-0.2, 0) is 4.74 Å². The van der Waals surface area contributed by atoms with Crippen molar-refractivity contribution < 1.29 is 4.74 Å². The second kappa shape index (κ2) is 6.17. The van der Waals surface area contributed by atoms with Gasteiger partial charge in [0.15, 0.2) is 0 Å². The largest absolute Gasteiger partial charge is 0.381 e. The lowest BCUT2D eigenvalue weighted by Crippen LogP contribution is -2.43. The van der Waals surface area contributed by atoms with E-state index in [2.05, 4.69) is 24.3 Å². The Kier molecular flexibility index (Phi) is 4.83. The molecule has 3 heteroatoms. The molecule has 2 rings (SSSR count). The molecular formula is C14H28N2O. The molecule has 3 nitrogen and oxygen atoms in total. The van der Waals surface area contributed by atoms with Crippen LogP contribution in [0.2, 0.25) is 0 Å². The van der Waals surface area contributed by atoms with Gasteiger partial charge in [0.25, 0.3) is 0 Å². The quantitative estimate of drug-likeness (QED) is 0.765. The van der Waals surface area contributed by atoms with Gasteiger partial charge in [0, 0.05) is 31.7 Å². The molecule has 1 atom stereocenters. The van der Waals surface area contributed by atoms with Gasteiger partial charge in [-0.15, -0.1) is 0 Å². The first-order chi connectivity index (χ1) is 8.24. The summed E-state index contributed by atoms with van der Waals surface area (Å²) in [5, 5.41) is 3.34. The lowest BCUT2D eigenvalue weighted by molar-refractivity contribution is 0.114. The van der Waals surface area contributed by atoms with Crippen LogP contribution in [0.3, 0.4) is 0 Å². The molecule has 17 heavy (non-hydrogen) atoms. The van der Waals surface area contributed by atoms with Crippen LogP contribution >= 0.6 is 0 Å². The molecule has 0 aromatic heterocycles. The molecule has 0 bridgehead atoms. The lowest BCUT2D eigenvalue weighted by atomic mass is 9.86. The van der Waals surface area contributed by atoms with Gasteiger partial charge in [-0.3, -0.25) is 0 Å². The monoisotopic (exact) mass is 240 g/mol. The molecule has 0 radical (unpaired) electrons. The summed E-state index contributed by atoms with van der Waals surface area (Å²) in [7, 11) is 4.34. The van der Waals surface area contributed by atoms with Crippen LogP contribution in [0.4, 0.5) is 0 Å². The van der Waals surface area contributed by atoms with Crippen LogP contribution < -0.4 is 5.32 Å². The maximum absolute atomic E-state index is 5.62. The Balaban J connectivity index is 1.80. The minimum absolute atomic E-state index is 0.363. The fourth-order valence-corrected chi connectivity index (χ4v) is 3.62. The molecule has 0 amide bonds. The Morgan fingerprint density at radius 2 is 2.12 bits per heavy atom. The predicted molar refractivity (Wildman–Crippen MR) is 71.3 cm³/mol. The summed E-state index contributed by atoms with van der Waals surface area (Å²) in [5.41, 5.74) is 0.363. The van der Waals surface area contributed by atoms with Crippen molar-refractivity contribution in [2.24, 2.45) is 11.3 Å². The minimum Gasteiger partial charge on any atom is -0.381 e. The van der Waals surface area contributed by atoms with Crippen molar-refractivity contribution in [3.8, 4) is 0 Å². The summed E-state index contributed by atoms with van der Waals surface area (Å²) in [6.45, 7) is 5.43. The third-order valence-corrected chi connectivity index (χ3v) is 4.39. The molecule has 1 heterocycles. The molecule has 1 saturated heterocycles. The van der Waals surface area contributed by atoms with Gasteiger partial charge in [-0.25, -0.2) is 0 Å². The van der Waals surface area contributed by atoms with E-state index in [1.54, 1.807) is 0 Å². The molecule has 0 spiro atoms. The van der Waals surface area contributed by atoms with Crippen molar-refractivity contribution in [2.75, 3.05) is 46.9 Å². The Morgan fingerprint density at radius 3 is 2.71 bits per heavy atom. The average molecular weight is 240 g/mol. The Labute approximate surface area is 106 Å². The van der Waals surface area contributed by atoms with E-state index in [0.717, 1.165) is 25.7 Å². The highest BCUT2D eigenvalue weighted by molar-refractivity contribution is 4.88. The van der Waals surface area contributed by atoms with Gasteiger partial charge in [-0.2, -0.15) is 0 Å². The summed E-state index contributed by atoms with van der Waals surface area (Å²) in [6.07, 6.45) is 7.00. The van der Waals surface area contributed by atoms with E-state index in [1.165, 1.54) is 45.2 Å². The number of nitrogens with one attached hydrogen (secondary N) is 1. The highest BCUT2D eigenvalue weighted by Gasteiger charge is 2.35. The van der Waals surface area contributed by atoms with Gasteiger partial charge in [-0.1, -0.05) is 12.8 Å². The fraction of sp³-hybridized carbons (Fsp3) is 1.00. The summed E-state index contributed by atoms with van der Waals surface area (Å²) in [6, 6.07) is 0. The van der Waals surface area contributed by atoms with Gasteiger partial charge >= 0.3 is 0 Å². The van der Waals surface area contributed by atoms with Crippen molar-refractivity contribution in [2.45, 2.75) is 32.1 Å². The summed E-state index contributed by atoms with van der Waals surface area (Å²) in [5.74, 6) is 0.953. The van der Waals surface area contributed by atoms with Crippen molar-refractivity contribution in [1.82, 2.24) is 10.2 Å². The molecule has 0 aromatic carbocycles. The molecule has 100 valence electrons. The second-order valence-electron chi connectivity index (χ2n) is 6.18. The number of nitrogens with zero attached hydrogens (tertiary/aromatic N) is 1. The van der Waals surface area contributed by atoms with Crippen molar-refractivity contribution in [1.29, 1.82) is 0 Å². The van der Waals surface area contributed by atoms with E-state index in [4.69, 9.17) is 4.74 Å². The molecular weight excluding hydrogens is 212 g/mol. The van der Waals surface area contributed by atoms with E-state index in [-0.39, 0.29) is 0 Å². The number of hydrogen-bond donors (Lipinski definition) is 1. The first kappa shape index (κ1) is 13.3. The summed E-state index contributed by atoms with van der Waals surface area (Å²) in [4.78, 5) is 2.54.